The van der Waals surface area contributed by atoms with E-state index in [1.807, 2.05) is 6.92 Å². The number of hydrogen-bond acceptors (Lipinski definition) is 3. The second kappa shape index (κ2) is 7.45. The van der Waals surface area contributed by atoms with Crippen molar-refractivity contribution in [3.63, 3.8) is 0 Å². The molecule has 14 heavy (non-hydrogen) atoms. The summed E-state index contributed by atoms with van der Waals surface area (Å²) in [5.74, 6) is 0.146. The number of esters is 1. The zero-order valence-corrected chi connectivity index (χ0v) is 11.3. The van der Waals surface area contributed by atoms with Crippen molar-refractivity contribution in [3.05, 3.63) is 0 Å². The Balaban J connectivity index is 3.89. The molecule has 0 spiro atoms. The number of alkyl halides is 1. The fourth-order valence-corrected chi connectivity index (χ4v) is 1.83. The lowest BCUT2D eigenvalue weighted by atomic mass is 9.94. The Bertz CT molecular complexity index is 176. The highest BCUT2D eigenvalue weighted by atomic mass is 127. The van der Waals surface area contributed by atoms with Gasteiger partial charge in [-0.15, -0.1) is 0 Å². The molecule has 84 valence electrons. The Labute approximate surface area is 99.9 Å². The molecule has 0 aliphatic rings. The lowest BCUT2D eigenvalue weighted by molar-refractivity contribution is -0.147. The average Bonchev–Trinajstić information content (AvgIpc) is 2.11. The van der Waals surface area contributed by atoms with Gasteiger partial charge < -0.3 is 10.5 Å². The molecule has 0 aliphatic carbocycles. The largest absolute Gasteiger partial charge is 0.461 e. The summed E-state index contributed by atoms with van der Waals surface area (Å²) in [4.78, 5) is 10.7. The predicted octanol–water partition coefficient (Wildman–Crippen LogP) is 2.12. The molecule has 0 fully saturated rings. The van der Waals surface area contributed by atoms with Crippen LogP contribution in [0.1, 0.15) is 33.6 Å². The van der Waals surface area contributed by atoms with Crippen molar-refractivity contribution in [3.8, 4) is 0 Å². The molecule has 0 amide bonds. The highest BCUT2D eigenvalue weighted by molar-refractivity contribution is 14.1. The summed E-state index contributed by atoms with van der Waals surface area (Å²) < 4.78 is 6.20. The summed E-state index contributed by atoms with van der Waals surface area (Å²) in [7, 11) is 0. The van der Waals surface area contributed by atoms with Crippen LogP contribution in [0.25, 0.3) is 0 Å². The van der Waals surface area contributed by atoms with E-state index in [0.717, 1.165) is 10.8 Å². The first-order chi connectivity index (χ1) is 6.49. The number of halogens is 1. The van der Waals surface area contributed by atoms with Crippen LogP contribution in [0.3, 0.4) is 0 Å². The first kappa shape index (κ1) is 14.2. The summed E-state index contributed by atoms with van der Waals surface area (Å²) in [6.07, 6.45) is 2.08. The van der Waals surface area contributed by atoms with E-state index >= 15 is 0 Å². The van der Waals surface area contributed by atoms with Crippen LogP contribution in [-0.4, -0.2) is 22.5 Å². The molecular formula is C10H20INO2. The number of hydrogen-bond donors (Lipinski definition) is 1. The second-order valence-electron chi connectivity index (χ2n) is 3.70. The number of rotatable bonds is 6. The van der Waals surface area contributed by atoms with Crippen LogP contribution >= 0.6 is 22.6 Å². The van der Waals surface area contributed by atoms with Gasteiger partial charge in [-0.3, -0.25) is 4.79 Å². The van der Waals surface area contributed by atoms with E-state index in [4.69, 9.17) is 10.5 Å². The molecule has 3 nitrogen and oxygen atoms in total. The normalized spacial score (nSPS) is 17.2. The third-order valence-corrected chi connectivity index (χ3v) is 3.11. The average molecular weight is 313 g/mol. The minimum absolute atomic E-state index is 0.0538. The molecule has 0 aromatic carbocycles. The van der Waals surface area contributed by atoms with Gasteiger partial charge in [0.05, 0.1) is 0 Å². The van der Waals surface area contributed by atoms with Gasteiger partial charge in [0.1, 0.15) is 6.10 Å². The lowest BCUT2D eigenvalue weighted by Gasteiger charge is -2.25. The zero-order chi connectivity index (χ0) is 11.1. The smallest absolute Gasteiger partial charge is 0.302 e. The number of carbonyl (C=O) groups is 1. The van der Waals surface area contributed by atoms with Crippen LogP contribution in [0.5, 0.6) is 0 Å². The van der Waals surface area contributed by atoms with E-state index in [1.165, 1.54) is 13.3 Å². The molecular weight excluding hydrogens is 293 g/mol. The van der Waals surface area contributed by atoms with Crippen molar-refractivity contribution >= 4 is 28.6 Å². The second-order valence-corrected chi connectivity index (χ2v) is 4.78. The Morgan fingerprint density at radius 1 is 1.50 bits per heavy atom. The van der Waals surface area contributed by atoms with E-state index in [0.29, 0.717) is 5.92 Å². The minimum atomic E-state index is -0.256. The Morgan fingerprint density at radius 2 is 2.07 bits per heavy atom. The maximum Gasteiger partial charge on any atom is 0.302 e. The molecule has 4 heteroatoms. The van der Waals surface area contributed by atoms with E-state index in [-0.39, 0.29) is 18.1 Å². The number of ether oxygens (including phenoxy) is 1. The van der Waals surface area contributed by atoms with Gasteiger partial charge in [-0.1, -0.05) is 29.5 Å². The van der Waals surface area contributed by atoms with Crippen molar-refractivity contribution in [1.29, 1.82) is 0 Å². The molecule has 0 heterocycles. The molecule has 0 aromatic rings. The first-order valence-corrected chi connectivity index (χ1v) is 6.50. The van der Waals surface area contributed by atoms with Crippen LogP contribution in [0, 0.1) is 5.92 Å². The first-order valence-electron chi connectivity index (χ1n) is 4.97. The van der Waals surface area contributed by atoms with E-state index in [1.54, 1.807) is 0 Å². The summed E-state index contributed by atoms with van der Waals surface area (Å²) in [6.45, 7) is 5.38. The van der Waals surface area contributed by atoms with Crippen molar-refractivity contribution in [1.82, 2.24) is 0 Å². The molecule has 0 aromatic heterocycles. The van der Waals surface area contributed by atoms with Gasteiger partial charge in [0.15, 0.2) is 0 Å². The van der Waals surface area contributed by atoms with Crippen LogP contribution in [0.2, 0.25) is 0 Å². The summed E-state index contributed by atoms with van der Waals surface area (Å²) in [5, 5.41) is 0. The SMILES string of the molecule is CC(=O)OC(C)C(N)C(C)CCCI. The van der Waals surface area contributed by atoms with Crippen molar-refractivity contribution < 1.29 is 9.53 Å². The molecule has 3 unspecified atom stereocenters. The highest BCUT2D eigenvalue weighted by Gasteiger charge is 2.21. The third kappa shape index (κ3) is 5.80. The summed E-state index contributed by atoms with van der Waals surface area (Å²) >= 11 is 2.36. The number of nitrogens with two attached hydrogens (primary N) is 1. The van der Waals surface area contributed by atoms with Crippen molar-refractivity contribution in [2.45, 2.75) is 45.8 Å². The number of carbonyl (C=O) groups excluding carboxylic acids is 1. The molecule has 0 bridgehead atoms. The van der Waals surface area contributed by atoms with Crippen LogP contribution in [0.4, 0.5) is 0 Å². The van der Waals surface area contributed by atoms with Crippen molar-refractivity contribution in [2.75, 3.05) is 4.43 Å². The van der Waals surface area contributed by atoms with Crippen LogP contribution in [0.15, 0.2) is 0 Å². The monoisotopic (exact) mass is 313 g/mol. The zero-order valence-electron chi connectivity index (χ0n) is 9.13. The maximum absolute atomic E-state index is 10.7. The molecule has 2 N–H and O–H groups in total. The fourth-order valence-electron chi connectivity index (χ4n) is 1.39. The quantitative estimate of drug-likeness (QED) is 0.464. The summed E-state index contributed by atoms with van der Waals surface area (Å²) in [5.41, 5.74) is 5.97. The van der Waals surface area contributed by atoms with E-state index in [9.17, 15) is 4.79 Å². The van der Waals surface area contributed by atoms with Gasteiger partial charge in [-0.2, -0.15) is 0 Å². The molecule has 0 radical (unpaired) electrons. The molecule has 0 saturated carbocycles. The predicted molar refractivity (Wildman–Crippen MR) is 66.5 cm³/mol. The molecule has 0 aliphatic heterocycles. The van der Waals surface area contributed by atoms with Crippen LogP contribution < -0.4 is 5.73 Å². The van der Waals surface area contributed by atoms with Crippen LogP contribution in [-0.2, 0) is 9.53 Å². The lowest BCUT2D eigenvalue weighted by Crippen LogP contribution is -2.40. The Hall–Kier alpha value is 0.160. The fraction of sp³-hybridized carbons (Fsp3) is 0.900. The minimum Gasteiger partial charge on any atom is -0.461 e. The van der Waals surface area contributed by atoms with E-state index in [2.05, 4.69) is 29.5 Å². The molecule has 0 rings (SSSR count). The summed E-state index contributed by atoms with van der Waals surface area (Å²) in [6, 6.07) is -0.0538. The Morgan fingerprint density at radius 3 is 2.50 bits per heavy atom. The van der Waals surface area contributed by atoms with Gasteiger partial charge in [0, 0.05) is 13.0 Å². The van der Waals surface area contributed by atoms with Gasteiger partial charge in [0.25, 0.3) is 0 Å². The topological polar surface area (TPSA) is 52.3 Å². The van der Waals surface area contributed by atoms with Crippen molar-refractivity contribution in [2.24, 2.45) is 11.7 Å². The molecule has 0 saturated heterocycles. The van der Waals surface area contributed by atoms with Gasteiger partial charge in [-0.25, -0.2) is 0 Å². The Kier molecular flexibility index (Phi) is 7.54. The third-order valence-electron chi connectivity index (χ3n) is 2.34. The highest BCUT2D eigenvalue weighted by Crippen LogP contribution is 2.14. The van der Waals surface area contributed by atoms with Gasteiger partial charge in [0.2, 0.25) is 0 Å². The molecule has 3 atom stereocenters. The van der Waals surface area contributed by atoms with E-state index < -0.39 is 0 Å². The maximum atomic E-state index is 10.7. The van der Waals surface area contributed by atoms with Gasteiger partial charge >= 0.3 is 5.97 Å². The van der Waals surface area contributed by atoms with Gasteiger partial charge in [-0.05, 0) is 30.1 Å². The standard InChI is InChI=1S/C10H20INO2/c1-7(5-4-6-11)10(12)8(2)14-9(3)13/h7-8,10H,4-6,12H2,1-3H3.